The quantitative estimate of drug-likeness (QED) is 0.560. The number of aromatic nitrogens is 2. The molecule has 0 bridgehead atoms. The van der Waals surface area contributed by atoms with Gasteiger partial charge >= 0.3 is 0 Å². The number of pyridine rings is 2. The van der Waals surface area contributed by atoms with Crippen molar-refractivity contribution in [2.24, 2.45) is 5.73 Å². The van der Waals surface area contributed by atoms with Crippen LogP contribution in [0.25, 0.3) is 0 Å². The molecular formula is C24H29N5O. The number of hydrogen-bond acceptors (Lipinski definition) is 6. The van der Waals surface area contributed by atoms with Gasteiger partial charge in [0.2, 0.25) is 0 Å². The molecule has 2 heterocycles. The molecule has 0 aliphatic heterocycles. The summed E-state index contributed by atoms with van der Waals surface area (Å²) in [7, 11) is 0. The lowest BCUT2D eigenvalue weighted by Crippen LogP contribution is -2.32. The van der Waals surface area contributed by atoms with Gasteiger partial charge in [-0.25, -0.2) is 0 Å². The average molecular weight is 404 g/mol. The number of anilines is 1. The molecule has 0 fully saturated rings. The maximum atomic E-state index is 9.95. The summed E-state index contributed by atoms with van der Waals surface area (Å²) >= 11 is 0. The summed E-state index contributed by atoms with van der Waals surface area (Å²) in [6.07, 6.45) is 6.88. The third-order valence-electron chi connectivity index (χ3n) is 5.93. The van der Waals surface area contributed by atoms with Crippen LogP contribution in [0.3, 0.4) is 0 Å². The first-order valence-corrected chi connectivity index (χ1v) is 10.5. The standard InChI is InChI=1S/C24H29N5O/c25-13-17-8-9-19(20(12-17)16-30)14-29(15-22-21(26)6-3-10-27-22)23-7-1-4-18-5-2-11-28-24(18)23/h2-3,5-6,8-12,23,30H,1,4,7,13-16,25-26H2. The highest BCUT2D eigenvalue weighted by Gasteiger charge is 2.28. The summed E-state index contributed by atoms with van der Waals surface area (Å²) < 4.78 is 0. The first kappa shape index (κ1) is 20.5. The lowest BCUT2D eigenvalue weighted by molar-refractivity contribution is 0.154. The van der Waals surface area contributed by atoms with Crippen LogP contribution < -0.4 is 11.5 Å². The molecule has 0 spiro atoms. The summed E-state index contributed by atoms with van der Waals surface area (Å²) in [5.41, 5.74) is 19.1. The van der Waals surface area contributed by atoms with Gasteiger partial charge in [0, 0.05) is 32.0 Å². The number of aryl methyl sites for hydroxylation is 1. The summed E-state index contributed by atoms with van der Waals surface area (Å²) in [5.74, 6) is 0. The van der Waals surface area contributed by atoms with E-state index in [2.05, 4.69) is 22.0 Å². The van der Waals surface area contributed by atoms with E-state index in [-0.39, 0.29) is 12.6 Å². The van der Waals surface area contributed by atoms with Crippen LogP contribution in [0.4, 0.5) is 5.69 Å². The van der Waals surface area contributed by atoms with Crippen molar-refractivity contribution in [1.29, 1.82) is 0 Å². The minimum absolute atomic E-state index is 0.0117. The molecule has 0 radical (unpaired) electrons. The minimum Gasteiger partial charge on any atom is -0.397 e. The van der Waals surface area contributed by atoms with Gasteiger partial charge in [0.1, 0.15) is 0 Å². The smallest absolute Gasteiger partial charge is 0.0773 e. The van der Waals surface area contributed by atoms with Crippen LogP contribution in [0.15, 0.2) is 54.9 Å². The molecule has 156 valence electrons. The molecule has 1 atom stereocenters. The highest BCUT2D eigenvalue weighted by atomic mass is 16.3. The van der Waals surface area contributed by atoms with Gasteiger partial charge in [-0.15, -0.1) is 0 Å². The predicted octanol–water partition coefficient (Wildman–Crippen LogP) is 3.09. The molecule has 0 saturated carbocycles. The van der Waals surface area contributed by atoms with Gasteiger partial charge in [0.15, 0.2) is 0 Å². The van der Waals surface area contributed by atoms with Gasteiger partial charge in [-0.3, -0.25) is 14.9 Å². The Morgan fingerprint density at radius 3 is 2.67 bits per heavy atom. The monoisotopic (exact) mass is 403 g/mol. The fourth-order valence-corrected chi connectivity index (χ4v) is 4.32. The predicted molar refractivity (Wildman–Crippen MR) is 118 cm³/mol. The summed E-state index contributed by atoms with van der Waals surface area (Å²) in [6, 6.07) is 14.2. The van der Waals surface area contributed by atoms with E-state index in [9.17, 15) is 5.11 Å². The van der Waals surface area contributed by atoms with Crippen LogP contribution >= 0.6 is 0 Å². The lowest BCUT2D eigenvalue weighted by Gasteiger charge is -2.35. The van der Waals surface area contributed by atoms with E-state index in [1.54, 1.807) is 6.20 Å². The minimum atomic E-state index is -0.0117. The van der Waals surface area contributed by atoms with E-state index in [0.717, 1.165) is 47.3 Å². The van der Waals surface area contributed by atoms with Gasteiger partial charge in [0.05, 0.1) is 29.7 Å². The van der Waals surface area contributed by atoms with E-state index in [0.29, 0.717) is 25.3 Å². The van der Waals surface area contributed by atoms with Gasteiger partial charge in [-0.1, -0.05) is 24.3 Å². The van der Waals surface area contributed by atoms with Crippen LogP contribution in [0.5, 0.6) is 0 Å². The van der Waals surface area contributed by atoms with Crippen molar-refractivity contribution in [2.45, 2.75) is 51.5 Å². The Bertz CT molecular complexity index is 1010. The third kappa shape index (κ3) is 4.36. The van der Waals surface area contributed by atoms with Crippen molar-refractivity contribution in [1.82, 2.24) is 14.9 Å². The molecule has 3 aromatic rings. The first-order valence-electron chi connectivity index (χ1n) is 10.5. The van der Waals surface area contributed by atoms with Crippen molar-refractivity contribution in [3.8, 4) is 0 Å². The number of benzene rings is 1. The summed E-state index contributed by atoms with van der Waals surface area (Å²) in [6.45, 7) is 1.75. The van der Waals surface area contributed by atoms with E-state index in [1.165, 1.54) is 5.56 Å². The number of rotatable bonds is 7. The molecule has 4 rings (SSSR count). The second-order valence-corrected chi connectivity index (χ2v) is 7.87. The van der Waals surface area contributed by atoms with Gasteiger partial charge in [-0.05, 0) is 59.7 Å². The van der Waals surface area contributed by atoms with E-state index < -0.39 is 0 Å². The van der Waals surface area contributed by atoms with E-state index >= 15 is 0 Å². The summed E-state index contributed by atoms with van der Waals surface area (Å²) in [4.78, 5) is 11.7. The zero-order chi connectivity index (χ0) is 20.9. The molecule has 6 nitrogen and oxygen atoms in total. The third-order valence-corrected chi connectivity index (χ3v) is 5.93. The van der Waals surface area contributed by atoms with Crippen molar-refractivity contribution in [2.75, 3.05) is 5.73 Å². The number of aliphatic hydroxyl groups is 1. The van der Waals surface area contributed by atoms with Crippen LogP contribution in [-0.4, -0.2) is 20.0 Å². The Balaban J connectivity index is 1.71. The summed E-state index contributed by atoms with van der Waals surface area (Å²) in [5, 5.41) is 9.95. The first-order chi connectivity index (χ1) is 14.7. The van der Waals surface area contributed by atoms with Gasteiger partial charge < -0.3 is 16.6 Å². The molecule has 6 heteroatoms. The molecular weight excluding hydrogens is 374 g/mol. The molecule has 0 amide bonds. The fourth-order valence-electron chi connectivity index (χ4n) is 4.32. The molecule has 1 aliphatic carbocycles. The lowest BCUT2D eigenvalue weighted by atomic mass is 9.90. The zero-order valence-electron chi connectivity index (χ0n) is 17.2. The molecule has 2 aromatic heterocycles. The molecule has 5 N–H and O–H groups in total. The fraction of sp³-hybridized carbons (Fsp3) is 0.333. The number of nitrogens with zero attached hydrogens (tertiary/aromatic N) is 3. The number of nitrogens with two attached hydrogens (primary N) is 2. The number of nitrogen functional groups attached to an aromatic ring is 1. The van der Waals surface area contributed by atoms with Crippen molar-refractivity contribution >= 4 is 5.69 Å². The van der Waals surface area contributed by atoms with Crippen molar-refractivity contribution < 1.29 is 5.11 Å². The number of hydrogen-bond donors (Lipinski definition) is 3. The average Bonchev–Trinajstić information content (AvgIpc) is 2.79. The topological polar surface area (TPSA) is 101 Å². The molecule has 1 unspecified atom stereocenters. The highest BCUT2D eigenvalue weighted by molar-refractivity contribution is 5.42. The number of fused-ring (bicyclic) bond motifs is 1. The van der Waals surface area contributed by atoms with Crippen LogP contribution in [0.2, 0.25) is 0 Å². The maximum absolute atomic E-state index is 9.95. The van der Waals surface area contributed by atoms with E-state index in [4.69, 9.17) is 16.5 Å². The SMILES string of the molecule is NCc1ccc(CN(Cc2ncccc2N)C2CCCc3cccnc32)c(CO)c1. The van der Waals surface area contributed by atoms with Crippen LogP contribution in [-0.2, 0) is 32.7 Å². The Morgan fingerprint density at radius 2 is 1.87 bits per heavy atom. The Kier molecular flexibility index (Phi) is 6.38. The normalized spacial score (nSPS) is 15.9. The van der Waals surface area contributed by atoms with Crippen LogP contribution in [0.1, 0.15) is 52.5 Å². The molecule has 1 aliphatic rings. The highest BCUT2D eigenvalue weighted by Crippen LogP contribution is 2.35. The van der Waals surface area contributed by atoms with Crippen molar-refractivity contribution in [3.05, 3.63) is 88.5 Å². The number of aliphatic hydroxyl groups excluding tert-OH is 1. The molecule has 0 saturated heterocycles. The second kappa shape index (κ2) is 9.34. The zero-order valence-corrected chi connectivity index (χ0v) is 17.2. The van der Waals surface area contributed by atoms with Gasteiger partial charge in [0.25, 0.3) is 0 Å². The molecule has 30 heavy (non-hydrogen) atoms. The van der Waals surface area contributed by atoms with Crippen LogP contribution in [0, 0.1) is 0 Å². The second-order valence-electron chi connectivity index (χ2n) is 7.87. The van der Waals surface area contributed by atoms with Gasteiger partial charge in [-0.2, -0.15) is 0 Å². The molecule has 1 aromatic carbocycles. The largest absolute Gasteiger partial charge is 0.397 e. The Labute approximate surface area is 177 Å². The Hall–Kier alpha value is -2.80. The maximum Gasteiger partial charge on any atom is 0.0773 e. The van der Waals surface area contributed by atoms with E-state index in [1.807, 2.05) is 36.5 Å². The Morgan fingerprint density at radius 1 is 1.03 bits per heavy atom. The van der Waals surface area contributed by atoms with Crippen molar-refractivity contribution in [3.63, 3.8) is 0 Å².